The van der Waals surface area contributed by atoms with Crippen molar-refractivity contribution < 1.29 is 68.6 Å². The van der Waals surface area contributed by atoms with Crippen molar-refractivity contribution in [2.75, 3.05) is 26.2 Å². The van der Waals surface area contributed by atoms with Gasteiger partial charge in [0.2, 0.25) is 29.5 Å². The Morgan fingerprint density at radius 1 is 0.833 bits per heavy atom. The Morgan fingerprint density at radius 2 is 1.50 bits per heavy atom. The molecule has 24 heteroatoms. The first-order valence-electron chi connectivity index (χ1n) is 19.0. The molecule has 1 heterocycles. The number of benzene rings is 1. The summed E-state index contributed by atoms with van der Waals surface area (Å²) in [6.07, 6.45) is -7.41. The van der Waals surface area contributed by atoms with E-state index in [0.717, 1.165) is 0 Å². The van der Waals surface area contributed by atoms with E-state index >= 15 is 0 Å². The number of aldehydes is 1. The van der Waals surface area contributed by atoms with Crippen molar-refractivity contribution in [1.29, 1.82) is 0 Å². The van der Waals surface area contributed by atoms with Crippen LogP contribution in [0.2, 0.25) is 0 Å². The summed E-state index contributed by atoms with van der Waals surface area (Å²) in [7, 11) is 0. The number of amides is 6. The number of aliphatic imine (C=N–C) groups is 1. The van der Waals surface area contributed by atoms with Crippen molar-refractivity contribution in [3.63, 3.8) is 0 Å². The number of aliphatic carboxylic acids is 1. The summed E-state index contributed by atoms with van der Waals surface area (Å²) < 4.78 is 5.45. The Balaban J connectivity index is 2.02. The maximum absolute atomic E-state index is 13.5. The fourth-order valence-electron chi connectivity index (χ4n) is 5.77. The number of nitrogens with one attached hydrogen (secondary N) is 6. The fourth-order valence-corrected chi connectivity index (χ4v) is 5.77. The van der Waals surface area contributed by atoms with Crippen LogP contribution in [0.4, 0.5) is 0 Å². The largest absolute Gasteiger partial charge is 0.508 e. The highest BCUT2D eigenvalue weighted by atomic mass is 16.5. The number of carboxylic acid groups (broad SMARTS) is 1. The summed E-state index contributed by atoms with van der Waals surface area (Å²) >= 11 is 0. The molecular formula is C36H56N10O14. The lowest BCUT2D eigenvalue weighted by Gasteiger charge is -2.39. The van der Waals surface area contributed by atoms with E-state index in [9.17, 15) is 63.9 Å². The zero-order valence-electron chi connectivity index (χ0n) is 33.0. The number of carbonyl (C=O) groups excluding carboxylic acids is 7. The van der Waals surface area contributed by atoms with Gasteiger partial charge in [0.1, 0.15) is 48.5 Å². The summed E-state index contributed by atoms with van der Waals surface area (Å²) in [5.41, 5.74) is 16.8. The van der Waals surface area contributed by atoms with Crippen LogP contribution in [0.3, 0.4) is 0 Å². The fraction of sp³-hybridized carbons (Fsp3) is 0.583. The summed E-state index contributed by atoms with van der Waals surface area (Å²) in [6.45, 7) is 0.542. The minimum Gasteiger partial charge on any atom is -0.508 e. The number of nitrogens with two attached hydrogens (primary N) is 3. The average molecular weight is 853 g/mol. The molecule has 0 unspecified atom stereocenters. The number of nitrogens with zero attached hydrogens (tertiary/aromatic N) is 1. The topological polar surface area (TPSA) is 410 Å². The van der Waals surface area contributed by atoms with Gasteiger partial charge in [-0.1, -0.05) is 12.1 Å². The summed E-state index contributed by atoms with van der Waals surface area (Å²) in [4.78, 5) is 103. The van der Waals surface area contributed by atoms with Crippen LogP contribution in [-0.2, 0) is 49.5 Å². The van der Waals surface area contributed by atoms with Gasteiger partial charge in [0.15, 0.2) is 12.1 Å². The maximum atomic E-state index is 13.5. The highest BCUT2D eigenvalue weighted by Crippen LogP contribution is 2.21. The lowest BCUT2D eigenvalue weighted by molar-refractivity contribution is -0.219. The Morgan fingerprint density at radius 3 is 2.12 bits per heavy atom. The number of hydrogen-bond donors (Lipinski definition) is 14. The molecular weight excluding hydrogens is 796 g/mol. The van der Waals surface area contributed by atoms with Crippen molar-refractivity contribution >= 4 is 53.7 Å². The first-order valence-corrected chi connectivity index (χ1v) is 19.0. The van der Waals surface area contributed by atoms with Crippen molar-refractivity contribution in [3.05, 3.63) is 29.8 Å². The molecule has 1 aromatic rings. The number of aliphatic hydroxyl groups excluding tert-OH is 3. The van der Waals surface area contributed by atoms with Crippen LogP contribution < -0.4 is 49.1 Å². The SMILES string of the molecule is CC(=O)NC[C@H]1O[C@@H](C(=O)NCCCC[C@@H](C=O)NC(=O)[C@@H](Cc2ccc(O)cc2)NC(=O)[C@H](CC(=O)O)NC(=O)CNC(=O)[C@@H](N)CCCN=C(N)N)[C@@H](O)[C@@H](O)[C@@H]1O. The first kappa shape index (κ1) is 50.2. The number of phenolic OH excluding ortho intramolecular Hbond substituents is 1. The third kappa shape index (κ3) is 17.9. The van der Waals surface area contributed by atoms with Gasteiger partial charge in [-0.25, -0.2) is 0 Å². The van der Waals surface area contributed by atoms with Gasteiger partial charge in [-0.15, -0.1) is 0 Å². The molecule has 0 saturated carbocycles. The average Bonchev–Trinajstić information content (AvgIpc) is 3.19. The quantitative estimate of drug-likeness (QED) is 0.0188. The van der Waals surface area contributed by atoms with Crippen molar-refractivity contribution in [2.24, 2.45) is 22.2 Å². The predicted octanol–water partition coefficient (Wildman–Crippen LogP) is -6.17. The highest BCUT2D eigenvalue weighted by Gasteiger charge is 2.46. The smallest absolute Gasteiger partial charge is 0.305 e. The Kier molecular flexibility index (Phi) is 21.3. The molecule has 0 aromatic heterocycles. The van der Waals surface area contributed by atoms with E-state index in [4.69, 9.17) is 21.9 Å². The van der Waals surface area contributed by atoms with Gasteiger partial charge in [0.05, 0.1) is 25.0 Å². The lowest BCUT2D eigenvalue weighted by Crippen LogP contribution is -2.63. The zero-order chi connectivity index (χ0) is 44.9. The van der Waals surface area contributed by atoms with Gasteiger partial charge < -0.3 is 84.2 Å². The van der Waals surface area contributed by atoms with E-state index in [0.29, 0.717) is 18.3 Å². The number of aliphatic hydroxyl groups is 3. The molecule has 60 heavy (non-hydrogen) atoms. The number of unbranched alkanes of at least 4 members (excludes halogenated alkanes) is 1. The van der Waals surface area contributed by atoms with E-state index in [1.165, 1.54) is 31.2 Å². The molecule has 0 spiro atoms. The van der Waals surface area contributed by atoms with E-state index in [1.807, 2.05) is 0 Å². The van der Waals surface area contributed by atoms with Gasteiger partial charge >= 0.3 is 5.97 Å². The second kappa shape index (κ2) is 25.5. The maximum Gasteiger partial charge on any atom is 0.305 e. The number of phenols is 1. The molecule has 2 rings (SSSR count). The van der Waals surface area contributed by atoms with Crippen LogP contribution in [-0.4, -0.2) is 160 Å². The number of carboxylic acids is 1. The normalized spacial score (nSPS) is 20.4. The molecule has 17 N–H and O–H groups in total. The van der Waals surface area contributed by atoms with Crippen molar-refractivity contribution in [1.82, 2.24) is 31.9 Å². The van der Waals surface area contributed by atoms with E-state index < -0.39 is 109 Å². The molecule has 0 aliphatic carbocycles. The summed E-state index contributed by atoms with van der Waals surface area (Å²) in [5, 5.41) is 64.2. The van der Waals surface area contributed by atoms with Crippen LogP contribution in [0.25, 0.3) is 0 Å². The third-order valence-corrected chi connectivity index (χ3v) is 9.02. The molecule has 9 atom stereocenters. The van der Waals surface area contributed by atoms with E-state index in [-0.39, 0.29) is 63.4 Å². The number of rotatable bonds is 25. The van der Waals surface area contributed by atoms with Gasteiger partial charge in [0, 0.05) is 33.0 Å². The second-order valence-electron chi connectivity index (χ2n) is 14.0. The minimum absolute atomic E-state index is 0.00729. The number of carbonyl (C=O) groups is 8. The number of hydrogen-bond acceptors (Lipinski definition) is 15. The van der Waals surface area contributed by atoms with Gasteiger partial charge in [-0.05, 0) is 49.8 Å². The van der Waals surface area contributed by atoms with Crippen LogP contribution >= 0.6 is 0 Å². The first-order chi connectivity index (χ1) is 28.3. The van der Waals surface area contributed by atoms with E-state index in [1.54, 1.807) is 0 Å². The van der Waals surface area contributed by atoms with Gasteiger partial charge in [-0.3, -0.25) is 38.6 Å². The highest BCUT2D eigenvalue weighted by molar-refractivity contribution is 5.95. The molecule has 1 aliphatic rings. The van der Waals surface area contributed by atoms with Crippen LogP contribution in [0.5, 0.6) is 5.75 Å². The lowest BCUT2D eigenvalue weighted by atomic mass is 9.94. The standard InChI is InChI=1S/C36H56N10O14/c1-18(48)42-15-25-28(53)29(54)30(55)31(60-25)35(59)40-11-3-2-5-20(17-47)44-33(57)23(13-19-7-9-21(49)10-8-19)46-34(58)24(14-27(51)52)45-26(50)16-43-32(56)22(37)6-4-12-41-36(38)39/h7-10,17,20,22-25,28-31,49,53-55H,2-6,11-16,37H2,1H3,(H,40,59)(H,42,48)(H,43,56)(H,44,57)(H,45,50)(H,46,58)(H,51,52)(H4,38,39,41)/t20-,22-,23+,24-,25+,28+,29-,30-,31+/m0/s1. The molecule has 0 bridgehead atoms. The van der Waals surface area contributed by atoms with E-state index in [2.05, 4.69) is 36.9 Å². The van der Waals surface area contributed by atoms with Crippen molar-refractivity contribution in [3.8, 4) is 5.75 Å². The van der Waals surface area contributed by atoms with Gasteiger partial charge in [0.25, 0.3) is 5.91 Å². The number of guanidine groups is 1. The molecule has 1 fully saturated rings. The Labute approximate surface area is 344 Å². The zero-order valence-corrected chi connectivity index (χ0v) is 33.0. The number of aromatic hydroxyl groups is 1. The Bertz CT molecular complexity index is 1660. The van der Waals surface area contributed by atoms with Crippen molar-refractivity contribution in [2.45, 2.75) is 107 Å². The molecule has 24 nitrogen and oxygen atoms in total. The summed E-state index contributed by atoms with van der Waals surface area (Å²) in [6, 6.07) is 0.298. The third-order valence-electron chi connectivity index (χ3n) is 9.02. The molecule has 1 saturated heterocycles. The van der Waals surface area contributed by atoms with Crippen LogP contribution in [0, 0.1) is 0 Å². The molecule has 0 radical (unpaired) electrons. The monoisotopic (exact) mass is 852 g/mol. The van der Waals surface area contributed by atoms with Gasteiger partial charge in [-0.2, -0.15) is 0 Å². The minimum atomic E-state index is -1.77. The van der Waals surface area contributed by atoms with Crippen LogP contribution in [0.15, 0.2) is 29.3 Å². The summed E-state index contributed by atoms with van der Waals surface area (Å²) in [5.74, 6) is -6.56. The molecule has 6 amide bonds. The second-order valence-corrected chi connectivity index (χ2v) is 14.0. The molecule has 1 aromatic carbocycles. The molecule has 1 aliphatic heterocycles. The molecule has 334 valence electrons. The van der Waals surface area contributed by atoms with Crippen LogP contribution in [0.1, 0.15) is 51.0 Å². The Hall–Kier alpha value is -5.95. The number of ether oxygens (including phenoxy) is 1. The predicted molar refractivity (Wildman–Crippen MR) is 209 cm³/mol.